The van der Waals surface area contributed by atoms with Gasteiger partial charge in [-0.15, -0.1) is 0 Å². The molecule has 250 valence electrons. The SMILES string of the molecule is C1=CCC(C2N=C(c3ccccc3)N=C(C3=CC=C(c4cc(-c5cc(-c6ccccn6)cc(-c6ccccn6)c5)c5ccccc5c4)CC3)N2)C=C1. The number of allylic oxidation sites excluding steroid dienone is 6. The van der Waals surface area contributed by atoms with E-state index in [1.165, 1.54) is 33.0 Å². The van der Waals surface area contributed by atoms with E-state index in [4.69, 9.17) is 20.0 Å². The molecule has 9 rings (SSSR count). The second kappa shape index (κ2) is 14.0. The molecule has 2 aromatic heterocycles. The summed E-state index contributed by atoms with van der Waals surface area (Å²) < 4.78 is 0. The van der Waals surface area contributed by atoms with E-state index < -0.39 is 0 Å². The minimum absolute atomic E-state index is 0.0731. The summed E-state index contributed by atoms with van der Waals surface area (Å²) in [4.78, 5) is 19.6. The number of nitrogens with zero attached hydrogens (tertiary/aromatic N) is 4. The summed E-state index contributed by atoms with van der Waals surface area (Å²) in [5.74, 6) is 1.98. The van der Waals surface area contributed by atoms with Gasteiger partial charge in [0.05, 0.1) is 11.4 Å². The molecule has 0 fully saturated rings. The van der Waals surface area contributed by atoms with E-state index >= 15 is 0 Å². The summed E-state index contributed by atoms with van der Waals surface area (Å²) in [6.45, 7) is 0. The van der Waals surface area contributed by atoms with E-state index in [0.717, 1.165) is 64.6 Å². The molecule has 6 aromatic rings. The van der Waals surface area contributed by atoms with Crippen LogP contribution >= 0.6 is 0 Å². The van der Waals surface area contributed by atoms with Gasteiger partial charge in [0.25, 0.3) is 0 Å². The molecule has 0 bridgehead atoms. The molecule has 1 aliphatic heterocycles. The van der Waals surface area contributed by atoms with Crippen LogP contribution in [0.1, 0.15) is 30.4 Å². The molecule has 5 nitrogen and oxygen atoms in total. The Labute approximate surface area is 304 Å². The Kier molecular flexibility index (Phi) is 8.51. The van der Waals surface area contributed by atoms with Gasteiger partial charge >= 0.3 is 0 Å². The van der Waals surface area contributed by atoms with E-state index in [0.29, 0.717) is 0 Å². The predicted octanol–water partition coefficient (Wildman–Crippen LogP) is 10.6. The van der Waals surface area contributed by atoms with Crippen molar-refractivity contribution in [1.29, 1.82) is 0 Å². The fraction of sp³-hybridized carbons (Fsp3) is 0.106. The third-order valence-corrected chi connectivity index (χ3v) is 10.1. The van der Waals surface area contributed by atoms with Crippen molar-refractivity contribution >= 4 is 28.0 Å². The van der Waals surface area contributed by atoms with Crippen LogP contribution in [0.5, 0.6) is 0 Å². The van der Waals surface area contributed by atoms with Crippen LogP contribution in [0.15, 0.2) is 186 Å². The lowest BCUT2D eigenvalue weighted by atomic mass is 9.87. The molecular weight excluding hydrogens is 635 g/mol. The van der Waals surface area contributed by atoms with Crippen LogP contribution in [0.2, 0.25) is 0 Å². The highest BCUT2D eigenvalue weighted by atomic mass is 15.2. The summed E-state index contributed by atoms with van der Waals surface area (Å²) in [6.07, 6.45) is 19.6. The number of fused-ring (bicyclic) bond motifs is 1. The van der Waals surface area contributed by atoms with Gasteiger partial charge in [0, 0.05) is 35.0 Å². The van der Waals surface area contributed by atoms with Gasteiger partial charge in [-0.1, -0.05) is 103 Å². The van der Waals surface area contributed by atoms with Crippen molar-refractivity contribution < 1.29 is 0 Å². The van der Waals surface area contributed by atoms with Crippen molar-refractivity contribution in [3.8, 4) is 33.6 Å². The highest BCUT2D eigenvalue weighted by molar-refractivity contribution is 6.13. The Morgan fingerprint density at radius 1 is 0.577 bits per heavy atom. The molecule has 2 atom stereocenters. The van der Waals surface area contributed by atoms with Crippen molar-refractivity contribution in [2.24, 2.45) is 15.9 Å². The number of aliphatic imine (C=N–C) groups is 2. The average Bonchev–Trinajstić information content (AvgIpc) is 3.24. The van der Waals surface area contributed by atoms with E-state index in [9.17, 15) is 0 Å². The predicted molar refractivity (Wildman–Crippen MR) is 215 cm³/mol. The molecule has 4 aromatic carbocycles. The summed E-state index contributed by atoms with van der Waals surface area (Å²) in [5.41, 5.74) is 11.1. The van der Waals surface area contributed by atoms with Crippen LogP contribution < -0.4 is 5.32 Å². The van der Waals surface area contributed by atoms with Crippen molar-refractivity contribution in [3.63, 3.8) is 0 Å². The minimum Gasteiger partial charge on any atom is -0.348 e. The van der Waals surface area contributed by atoms with Gasteiger partial charge in [-0.2, -0.15) is 0 Å². The van der Waals surface area contributed by atoms with E-state index in [1.54, 1.807) is 0 Å². The van der Waals surface area contributed by atoms with Gasteiger partial charge in [0.2, 0.25) is 0 Å². The second-order valence-electron chi connectivity index (χ2n) is 13.4. The molecule has 3 aliphatic rings. The summed E-state index contributed by atoms with van der Waals surface area (Å²) >= 11 is 0. The maximum Gasteiger partial charge on any atom is 0.159 e. The average molecular weight is 672 g/mol. The van der Waals surface area contributed by atoms with Gasteiger partial charge in [-0.05, 0) is 112 Å². The largest absolute Gasteiger partial charge is 0.348 e. The lowest BCUT2D eigenvalue weighted by Gasteiger charge is -2.30. The maximum atomic E-state index is 5.09. The number of aromatic nitrogens is 2. The number of hydrogen-bond donors (Lipinski definition) is 1. The van der Waals surface area contributed by atoms with E-state index in [2.05, 4.69) is 121 Å². The molecule has 0 saturated carbocycles. The third-order valence-electron chi connectivity index (χ3n) is 10.1. The Hall–Kier alpha value is -6.46. The fourth-order valence-corrected chi connectivity index (χ4v) is 7.35. The van der Waals surface area contributed by atoms with Gasteiger partial charge < -0.3 is 5.32 Å². The Morgan fingerprint density at radius 3 is 1.96 bits per heavy atom. The number of rotatable bonds is 7. The van der Waals surface area contributed by atoms with Crippen LogP contribution in [0, 0.1) is 5.92 Å². The summed E-state index contributed by atoms with van der Waals surface area (Å²) in [6, 6.07) is 42.6. The molecule has 52 heavy (non-hydrogen) atoms. The first-order valence-corrected chi connectivity index (χ1v) is 18.0. The van der Waals surface area contributed by atoms with Crippen molar-refractivity contribution in [3.05, 3.63) is 187 Å². The summed E-state index contributed by atoms with van der Waals surface area (Å²) in [7, 11) is 0. The summed E-state index contributed by atoms with van der Waals surface area (Å²) in [5, 5.41) is 6.14. The zero-order valence-electron chi connectivity index (χ0n) is 28.7. The van der Waals surface area contributed by atoms with Gasteiger partial charge in [-0.3, -0.25) is 9.97 Å². The Bertz CT molecular complexity index is 2400. The Balaban J connectivity index is 1.11. The highest BCUT2D eigenvalue weighted by Crippen LogP contribution is 2.39. The molecule has 1 N–H and O–H groups in total. The fourth-order valence-electron chi connectivity index (χ4n) is 7.35. The lowest BCUT2D eigenvalue weighted by Crippen LogP contribution is -2.43. The molecule has 0 radical (unpaired) electrons. The number of pyridine rings is 2. The molecule has 2 unspecified atom stereocenters. The number of nitrogens with one attached hydrogen (secondary N) is 1. The number of hydrogen-bond acceptors (Lipinski definition) is 5. The lowest BCUT2D eigenvalue weighted by molar-refractivity contribution is 0.475. The van der Waals surface area contributed by atoms with Crippen LogP contribution in [0.3, 0.4) is 0 Å². The van der Waals surface area contributed by atoms with Crippen molar-refractivity contribution in [2.75, 3.05) is 0 Å². The zero-order chi connectivity index (χ0) is 34.7. The van der Waals surface area contributed by atoms with Gasteiger partial charge in [0.1, 0.15) is 12.0 Å². The molecular formula is C47H37N5. The first kappa shape index (κ1) is 31.5. The monoisotopic (exact) mass is 671 g/mol. The second-order valence-corrected chi connectivity index (χ2v) is 13.4. The highest BCUT2D eigenvalue weighted by Gasteiger charge is 2.27. The molecule has 2 aliphatic carbocycles. The molecule has 0 spiro atoms. The number of amidine groups is 2. The third kappa shape index (κ3) is 6.45. The zero-order valence-corrected chi connectivity index (χ0v) is 28.7. The quantitative estimate of drug-likeness (QED) is 0.184. The van der Waals surface area contributed by atoms with Crippen molar-refractivity contribution in [1.82, 2.24) is 15.3 Å². The normalized spacial score (nSPS) is 18.2. The first-order valence-electron chi connectivity index (χ1n) is 18.0. The van der Waals surface area contributed by atoms with Crippen molar-refractivity contribution in [2.45, 2.75) is 25.4 Å². The smallest absolute Gasteiger partial charge is 0.159 e. The van der Waals surface area contributed by atoms with E-state index in [-0.39, 0.29) is 12.1 Å². The molecule has 0 amide bonds. The maximum absolute atomic E-state index is 5.09. The molecule has 0 saturated heterocycles. The molecule has 5 heteroatoms. The molecule has 3 heterocycles. The van der Waals surface area contributed by atoms with Crippen LogP contribution in [0.4, 0.5) is 0 Å². The standard InChI is InChI=1S/C47H37N5/c1-3-13-33(14-4-1)45-50-46(34-15-5-2-6-16-34)52-47(51-45)35-23-21-32(22-24-35)37-27-36-17-7-8-18-41(36)42(31-37)38-28-39(43-19-9-11-25-48-43)30-40(29-38)44-20-10-12-26-49-44/h1-15,17-21,23,25-31,34,46H,16,22,24H2,(H,50,51,52). The number of benzene rings is 4. The van der Waals surface area contributed by atoms with Crippen LogP contribution in [-0.4, -0.2) is 27.8 Å². The topological polar surface area (TPSA) is 62.5 Å². The van der Waals surface area contributed by atoms with Gasteiger partial charge in [-0.25, -0.2) is 9.98 Å². The minimum atomic E-state index is -0.0731. The van der Waals surface area contributed by atoms with E-state index in [1.807, 2.05) is 54.9 Å². The van der Waals surface area contributed by atoms with Crippen LogP contribution in [-0.2, 0) is 0 Å². The Morgan fingerprint density at radius 2 is 1.27 bits per heavy atom. The first-order chi connectivity index (χ1) is 25.7. The van der Waals surface area contributed by atoms with Gasteiger partial charge in [0.15, 0.2) is 5.84 Å². The van der Waals surface area contributed by atoms with Crippen LogP contribution in [0.25, 0.3) is 50.0 Å².